The van der Waals surface area contributed by atoms with Gasteiger partial charge in [-0.05, 0) is 56.5 Å². The van der Waals surface area contributed by atoms with Crippen molar-refractivity contribution in [2.75, 3.05) is 0 Å². The summed E-state index contributed by atoms with van der Waals surface area (Å²) in [5.41, 5.74) is 5.55. The van der Waals surface area contributed by atoms with Crippen LogP contribution in [-0.4, -0.2) is 39.7 Å². The number of rotatable bonds is 3. The first-order chi connectivity index (χ1) is 14.4. The Morgan fingerprint density at radius 2 is 1.83 bits per heavy atom. The van der Waals surface area contributed by atoms with Crippen LogP contribution in [0.1, 0.15) is 50.9 Å². The summed E-state index contributed by atoms with van der Waals surface area (Å²) in [7, 11) is 0. The van der Waals surface area contributed by atoms with Gasteiger partial charge in [-0.3, -0.25) is 19.3 Å². The van der Waals surface area contributed by atoms with Gasteiger partial charge in [-0.1, -0.05) is 23.8 Å². The van der Waals surface area contributed by atoms with Gasteiger partial charge in [-0.15, -0.1) is 0 Å². The summed E-state index contributed by atoms with van der Waals surface area (Å²) in [6.07, 6.45) is 2.42. The number of nitrogens with zero attached hydrogens (tertiary/aromatic N) is 1. The molecule has 0 saturated heterocycles. The van der Waals surface area contributed by atoms with Gasteiger partial charge in [0.1, 0.15) is 6.04 Å². The van der Waals surface area contributed by atoms with E-state index in [1.807, 2.05) is 0 Å². The van der Waals surface area contributed by atoms with E-state index in [4.69, 9.17) is 0 Å². The molecular weight excluding hydrogens is 378 g/mol. The zero-order valence-electron chi connectivity index (χ0n) is 17.0. The smallest absolute Gasteiger partial charge is 0.262 e. The molecule has 2 N–H and O–H groups in total. The van der Waals surface area contributed by atoms with Crippen molar-refractivity contribution in [2.24, 2.45) is 0 Å². The molecule has 2 aliphatic rings. The lowest BCUT2D eigenvalue weighted by Crippen LogP contribution is -2.51. The summed E-state index contributed by atoms with van der Waals surface area (Å²) in [4.78, 5) is 42.8. The zero-order chi connectivity index (χ0) is 21.0. The largest absolute Gasteiger partial charge is 0.358 e. The number of hydrogen-bond acceptors (Lipinski definition) is 3. The minimum Gasteiger partial charge on any atom is -0.358 e. The molecule has 3 aromatic rings. The highest BCUT2D eigenvalue weighted by Gasteiger charge is 2.41. The Labute approximate surface area is 174 Å². The Bertz CT molecular complexity index is 1170. The summed E-state index contributed by atoms with van der Waals surface area (Å²) >= 11 is 0. The lowest BCUT2D eigenvalue weighted by atomic mass is 9.91. The molecule has 5 rings (SSSR count). The number of nitrogens with one attached hydrogen (secondary N) is 2. The molecule has 0 spiro atoms. The molecular formula is C24H23N3O3. The lowest BCUT2D eigenvalue weighted by Gasteiger charge is -2.27. The minimum atomic E-state index is -0.857. The van der Waals surface area contributed by atoms with Gasteiger partial charge in [0.05, 0.1) is 11.1 Å². The number of carbonyl (C=O) groups is 3. The predicted molar refractivity (Wildman–Crippen MR) is 113 cm³/mol. The van der Waals surface area contributed by atoms with E-state index in [-0.39, 0.29) is 11.9 Å². The van der Waals surface area contributed by atoms with Crippen LogP contribution in [-0.2, 0) is 17.6 Å². The van der Waals surface area contributed by atoms with Crippen molar-refractivity contribution < 1.29 is 14.4 Å². The summed E-state index contributed by atoms with van der Waals surface area (Å²) in [6, 6.07) is 12.2. The third kappa shape index (κ3) is 2.83. The second-order valence-corrected chi connectivity index (χ2v) is 8.28. The Morgan fingerprint density at radius 1 is 1.13 bits per heavy atom. The van der Waals surface area contributed by atoms with Gasteiger partial charge in [0.25, 0.3) is 11.8 Å². The molecule has 30 heavy (non-hydrogen) atoms. The fraction of sp³-hybridized carbons (Fsp3) is 0.292. The lowest BCUT2D eigenvalue weighted by molar-refractivity contribution is -0.125. The molecule has 1 aliphatic carbocycles. The van der Waals surface area contributed by atoms with Crippen molar-refractivity contribution in [1.82, 2.24) is 15.2 Å². The second kappa shape index (κ2) is 6.83. The molecule has 0 radical (unpaired) electrons. The van der Waals surface area contributed by atoms with E-state index >= 15 is 0 Å². The van der Waals surface area contributed by atoms with Gasteiger partial charge in [0.15, 0.2) is 0 Å². The van der Waals surface area contributed by atoms with Crippen LogP contribution in [0.4, 0.5) is 0 Å². The number of fused-ring (bicyclic) bond motifs is 4. The maximum atomic E-state index is 12.9. The summed E-state index contributed by atoms with van der Waals surface area (Å²) < 4.78 is 0. The molecule has 0 fully saturated rings. The monoisotopic (exact) mass is 401 g/mol. The van der Waals surface area contributed by atoms with Crippen LogP contribution in [0.15, 0.2) is 42.5 Å². The van der Waals surface area contributed by atoms with Crippen LogP contribution in [0.2, 0.25) is 0 Å². The summed E-state index contributed by atoms with van der Waals surface area (Å²) in [6.45, 7) is 3.70. The van der Waals surface area contributed by atoms with E-state index in [2.05, 4.69) is 35.4 Å². The van der Waals surface area contributed by atoms with E-state index in [0.29, 0.717) is 17.5 Å². The molecule has 6 heteroatoms. The fourth-order valence-corrected chi connectivity index (χ4v) is 4.67. The van der Waals surface area contributed by atoms with Crippen molar-refractivity contribution in [3.63, 3.8) is 0 Å². The van der Waals surface area contributed by atoms with E-state index in [1.165, 1.54) is 16.5 Å². The number of aromatic nitrogens is 1. The quantitative estimate of drug-likeness (QED) is 0.662. The maximum Gasteiger partial charge on any atom is 0.262 e. The number of carbonyl (C=O) groups excluding carboxylic acids is 3. The van der Waals surface area contributed by atoms with E-state index in [0.717, 1.165) is 29.0 Å². The molecule has 1 aromatic heterocycles. The molecule has 2 aromatic carbocycles. The standard InChI is InChI=1S/C24H23N3O3/c1-13-7-10-20-19(11-13)16-9-8-15(12-21(16)26-20)25-22(28)14(2)27-23(29)17-5-3-4-6-18(17)24(27)30/h3-7,10-11,14-15,26H,8-9,12H2,1-2H3,(H,25,28). The fourth-order valence-electron chi connectivity index (χ4n) is 4.67. The third-order valence-electron chi connectivity index (χ3n) is 6.28. The van der Waals surface area contributed by atoms with E-state index in [1.54, 1.807) is 31.2 Å². The van der Waals surface area contributed by atoms with Crippen molar-refractivity contribution >= 4 is 28.6 Å². The highest BCUT2D eigenvalue weighted by Crippen LogP contribution is 2.30. The molecule has 0 saturated carbocycles. The number of imide groups is 1. The molecule has 0 bridgehead atoms. The van der Waals surface area contributed by atoms with Crippen LogP contribution in [0.25, 0.3) is 10.9 Å². The van der Waals surface area contributed by atoms with Crippen LogP contribution < -0.4 is 5.32 Å². The van der Waals surface area contributed by atoms with Crippen LogP contribution in [0.5, 0.6) is 0 Å². The molecule has 2 atom stereocenters. The van der Waals surface area contributed by atoms with Gasteiger partial charge >= 0.3 is 0 Å². The second-order valence-electron chi connectivity index (χ2n) is 8.28. The third-order valence-corrected chi connectivity index (χ3v) is 6.28. The Hall–Kier alpha value is -3.41. The predicted octanol–water partition coefficient (Wildman–Crippen LogP) is 3.13. The maximum absolute atomic E-state index is 12.9. The van der Waals surface area contributed by atoms with Gasteiger partial charge in [0, 0.05) is 29.1 Å². The number of hydrogen-bond donors (Lipinski definition) is 2. The first-order valence-electron chi connectivity index (χ1n) is 10.3. The molecule has 6 nitrogen and oxygen atoms in total. The SMILES string of the molecule is Cc1ccc2[nH]c3c(c2c1)CCC(NC(=O)C(C)N1C(=O)c2ccccc2C1=O)C3. The zero-order valence-corrected chi connectivity index (χ0v) is 17.0. The normalized spacial score (nSPS) is 19.0. The van der Waals surface area contributed by atoms with Crippen molar-refractivity contribution in [3.8, 4) is 0 Å². The highest BCUT2D eigenvalue weighted by atomic mass is 16.2. The van der Waals surface area contributed by atoms with Gasteiger partial charge < -0.3 is 10.3 Å². The average Bonchev–Trinajstić information content (AvgIpc) is 3.22. The molecule has 152 valence electrons. The van der Waals surface area contributed by atoms with E-state index in [9.17, 15) is 14.4 Å². The topological polar surface area (TPSA) is 82.3 Å². The molecule has 1 aliphatic heterocycles. The van der Waals surface area contributed by atoms with Gasteiger partial charge in [-0.25, -0.2) is 0 Å². The highest BCUT2D eigenvalue weighted by molar-refractivity contribution is 6.22. The average molecular weight is 401 g/mol. The van der Waals surface area contributed by atoms with Crippen molar-refractivity contribution in [2.45, 2.75) is 45.2 Å². The molecule has 3 amide bonds. The van der Waals surface area contributed by atoms with Crippen LogP contribution in [0.3, 0.4) is 0 Å². The number of amides is 3. The number of aromatic amines is 1. The van der Waals surface area contributed by atoms with Gasteiger partial charge in [-0.2, -0.15) is 0 Å². The number of aryl methyl sites for hydroxylation is 2. The number of benzene rings is 2. The van der Waals surface area contributed by atoms with Crippen molar-refractivity contribution in [3.05, 3.63) is 70.4 Å². The van der Waals surface area contributed by atoms with Gasteiger partial charge in [0.2, 0.25) is 5.91 Å². The first kappa shape index (κ1) is 18.6. The first-order valence-corrected chi connectivity index (χ1v) is 10.3. The summed E-state index contributed by atoms with van der Waals surface area (Å²) in [5.74, 6) is -1.12. The molecule has 2 unspecified atom stereocenters. The Morgan fingerprint density at radius 3 is 2.53 bits per heavy atom. The van der Waals surface area contributed by atoms with Crippen LogP contribution in [0, 0.1) is 6.92 Å². The van der Waals surface area contributed by atoms with Crippen molar-refractivity contribution in [1.29, 1.82) is 0 Å². The molecule has 2 heterocycles. The Kier molecular flexibility index (Phi) is 4.24. The minimum absolute atomic E-state index is 0.0307. The van der Waals surface area contributed by atoms with E-state index < -0.39 is 17.9 Å². The Balaban J connectivity index is 1.31. The van der Waals surface area contributed by atoms with Crippen LogP contribution >= 0.6 is 0 Å². The number of H-pyrrole nitrogens is 1. The summed E-state index contributed by atoms with van der Waals surface area (Å²) in [5, 5.41) is 4.31.